The Labute approximate surface area is 231 Å². The summed E-state index contributed by atoms with van der Waals surface area (Å²) in [4.78, 5) is 5.84. The number of nitrogens with zero attached hydrogens (tertiary/aromatic N) is 7. The van der Waals surface area contributed by atoms with E-state index in [-0.39, 0.29) is 11.5 Å². The number of ether oxygens (including phenoxy) is 1. The molecule has 3 aromatic heterocycles. The summed E-state index contributed by atoms with van der Waals surface area (Å²) in [6.07, 6.45) is 2.49. The number of hydrogen-bond acceptors (Lipinski definition) is 7. The van der Waals surface area contributed by atoms with E-state index < -0.39 is 23.3 Å². The van der Waals surface area contributed by atoms with E-state index in [4.69, 9.17) is 4.74 Å². The third kappa shape index (κ3) is 4.82. The van der Waals surface area contributed by atoms with E-state index in [0.717, 1.165) is 34.0 Å². The molecule has 1 fully saturated rings. The Hall–Kier alpha value is -3.55. The fourth-order valence-corrected chi connectivity index (χ4v) is 6.66. The van der Waals surface area contributed by atoms with Gasteiger partial charge < -0.3 is 4.74 Å². The highest BCUT2D eigenvalue weighted by Gasteiger charge is 2.50. The van der Waals surface area contributed by atoms with Gasteiger partial charge in [0.15, 0.2) is 5.03 Å². The molecular weight excluding hydrogens is 546 g/mol. The molecule has 208 valence electrons. The van der Waals surface area contributed by atoms with Gasteiger partial charge in [-0.3, -0.25) is 4.98 Å². The van der Waals surface area contributed by atoms with Crippen LogP contribution >= 0.6 is 11.9 Å². The second kappa shape index (κ2) is 10.1. The minimum atomic E-state index is -4.51. The molecule has 1 saturated heterocycles. The zero-order chi connectivity index (χ0) is 28.1. The number of methoxy groups -OCH3 is 1. The van der Waals surface area contributed by atoms with Gasteiger partial charge in [0.05, 0.1) is 35.0 Å². The third-order valence-corrected chi connectivity index (χ3v) is 8.36. The molecule has 40 heavy (non-hydrogen) atoms. The van der Waals surface area contributed by atoms with E-state index in [9.17, 15) is 17.6 Å². The zero-order valence-electron chi connectivity index (χ0n) is 21.6. The number of fused-ring (bicyclic) bond motifs is 2. The number of alkyl halides is 3. The monoisotopic (exact) mass is 571 g/mol. The molecule has 6 rings (SSSR count). The van der Waals surface area contributed by atoms with Gasteiger partial charge in [0, 0.05) is 38.9 Å². The number of aromatic nitrogens is 6. The zero-order valence-corrected chi connectivity index (χ0v) is 22.5. The van der Waals surface area contributed by atoms with Crippen LogP contribution in [-0.2, 0) is 24.4 Å². The molecule has 13 heteroatoms. The largest absolute Gasteiger partial charge is 0.416 e. The Morgan fingerprint density at radius 2 is 1.90 bits per heavy atom. The standard InChI is InChI=1S/C27H25F4N7OS/c1-36-33-15-24(35-36)40-37-10-8-18-12-23-17(14-34-38(23)21-5-3-20(28)4-6-21)13-26(18,16-37)25(39-2)22-11-19(7-9-32-22)27(29,30)31/h3-7,9,11-12,14-15,25H,8,10,13,16H2,1-2H3. The summed E-state index contributed by atoms with van der Waals surface area (Å²) in [7, 11) is 3.25. The molecule has 0 saturated carbocycles. The molecule has 1 aliphatic carbocycles. The molecule has 2 aliphatic rings. The van der Waals surface area contributed by atoms with Crippen LogP contribution in [-0.4, -0.2) is 54.3 Å². The molecular formula is C27H25F4N7OS. The lowest BCUT2D eigenvalue weighted by Gasteiger charge is -2.49. The average molecular weight is 572 g/mol. The second-order valence-electron chi connectivity index (χ2n) is 9.91. The highest BCUT2D eigenvalue weighted by Crippen LogP contribution is 2.54. The fourth-order valence-electron chi connectivity index (χ4n) is 5.67. The summed E-state index contributed by atoms with van der Waals surface area (Å²) >= 11 is 1.45. The van der Waals surface area contributed by atoms with Crippen molar-refractivity contribution in [3.05, 3.63) is 88.9 Å². The average Bonchev–Trinajstić information content (AvgIpc) is 3.53. The van der Waals surface area contributed by atoms with E-state index in [1.165, 1.54) is 42.2 Å². The number of halogens is 4. The first-order valence-electron chi connectivity index (χ1n) is 12.6. The molecule has 8 nitrogen and oxygen atoms in total. The smallest absolute Gasteiger partial charge is 0.374 e. The lowest BCUT2D eigenvalue weighted by Crippen LogP contribution is -2.49. The van der Waals surface area contributed by atoms with Crippen LogP contribution in [0.4, 0.5) is 17.6 Å². The maximum Gasteiger partial charge on any atom is 0.416 e. The quantitative estimate of drug-likeness (QED) is 0.230. The normalized spacial score (nSPS) is 20.1. The van der Waals surface area contributed by atoms with E-state index in [1.54, 1.807) is 36.3 Å². The van der Waals surface area contributed by atoms with Gasteiger partial charge in [0.25, 0.3) is 0 Å². The Kier molecular flexibility index (Phi) is 6.75. The van der Waals surface area contributed by atoms with E-state index >= 15 is 0 Å². The molecule has 0 bridgehead atoms. The highest BCUT2D eigenvalue weighted by molar-refractivity contribution is 7.97. The van der Waals surface area contributed by atoms with Crippen LogP contribution in [0.1, 0.15) is 35.0 Å². The first-order chi connectivity index (χ1) is 19.2. The second-order valence-corrected chi connectivity index (χ2v) is 11.0. The lowest BCUT2D eigenvalue weighted by atomic mass is 9.64. The lowest BCUT2D eigenvalue weighted by molar-refractivity contribution is -0.137. The van der Waals surface area contributed by atoms with Crippen LogP contribution < -0.4 is 0 Å². The number of rotatable bonds is 6. The maximum absolute atomic E-state index is 13.7. The summed E-state index contributed by atoms with van der Waals surface area (Å²) in [5.74, 6) is -0.341. The van der Waals surface area contributed by atoms with E-state index in [1.807, 2.05) is 0 Å². The Morgan fingerprint density at radius 3 is 2.60 bits per heavy atom. The molecule has 0 radical (unpaired) electrons. The number of aryl methyl sites for hydroxylation is 1. The summed E-state index contributed by atoms with van der Waals surface area (Å²) in [5.41, 5.74) is 2.22. The van der Waals surface area contributed by atoms with Crippen LogP contribution in [0.25, 0.3) is 11.8 Å². The van der Waals surface area contributed by atoms with Gasteiger partial charge in [-0.05, 0) is 72.8 Å². The van der Waals surface area contributed by atoms with Gasteiger partial charge in [0.1, 0.15) is 11.9 Å². The summed E-state index contributed by atoms with van der Waals surface area (Å²) in [6.45, 7) is 1.15. The summed E-state index contributed by atoms with van der Waals surface area (Å²) < 4.78 is 64.5. The topological polar surface area (TPSA) is 73.9 Å². The van der Waals surface area contributed by atoms with Crippen molar-refractivity contribution in [2.24, 2.45) is 12.5 Å². The van der Waals surface area contributed by atoms with Crippen molar-refractivity contribution in [1.82, 2.24) is 34.1 Å². The first kappa shape index (κ1) is 26.7. The Balaban J connectivity index is 1.44. The van der Waals surface area contributed by atoms with Gasteiger partial charge in [-0.15, -0.1) is 5.10 Å². The molecule has 4 aromatic rings. The fraction of sp³-hybridized carbons (Fsp3) is 0.333. The number of hydrogen-bond donors (Lipinski definition) is 0. The van der Waals surface area contributed by atoms with Gasteiger partial charge >= 0.3 is 6.18 Å². The highest BCUT2D eigenvalue weighted by atomic mass is 32.2. The Morgan fingerprint density at radius 1 is 1.10 bits per heavy atom. The van der Waals surface area contributed by atoms with Crippen molar-refractivity contribution < 1.29 is 22.3 Å². The molecule has 2 unspecified atom stereocenters. The van der Waals surface area contributed by atoms with Gasteiger partial charge in [-0.25, -0.2) is 13.4 Å². The van der Waals surface area contributed by atoms with Gasteiger partial charge in [0.2, 0.25) is 0 Å². The van der Waals surface area contributed by atoms with Crippen molar-refractivity contribution in [1.29, 1.82) is 0 Å². The molecule has 4 heterocycles. The predicted molar refractivity (Wildman–Crippen MR) is 140 cm³/mol. The van der Waals surface area contributed by atoms with Crippen LogP contribution in [0.2, 0.25) is 0 Å². The van der Waals surface area contributed by atoms with Crippen LogP contribution in [0, 0.1) is 11.2 Å². The Bertz CT molecular complexity index is 1570. The van der Waals surface area contributed by atoms with Crippen molar-refractivity contribution in [2.45, 2.75) is 30.1 Å². The summed E-state index contributed by atoms with van der Waals surface area (Å²) in [5, 5.41) is 13.8. The molecule has 1 aromatic carbocycles. The van der Waals surface area contributed by atoms with Gasteiger partial charge in [-0.2, -0.15) is 28.2 Å². The predicted octanol–water partition coefficient (Wildman–Crippen LogP) is 5.28. The maximum atomic E-state index is 13.7. The van der Waals surface area contributed by atoms with Crippen molar-refractivity contribution in [3.8, 4) is 5.69 Å². The van der Waals surface area contributed by atoms with Crippen LogP contribution in [0.5, 0.6) is 0 Å². The first-order valence-corrected chi connectivity index (χ1v) is 13.3. The third-order valence-electron chi connectivity index (χ3n) is 7.42. The van der Waals surface area contributed by atoms with Crippen molar-refractivity contribution in [2.75, 3.05) is 20.2 Å². The minimum absolute atomic E-state index is 0.212. The molecule has 0 amide bonds. The molecule has 1 aliphatic heterocycles. The van der Waals surface area contributed by atoms with Crippen molar-refractivity contribution in [3.63, 3.8) is 0 Å². The van der Waals surface area contributed by atoms with E-state index in [0.29, 0.717) is 31.6 Å². The molecule has 0 spiro atoms. The van der Waals surface area contributed by atoms with Crippen LogP contribution in [0.15, 0.2) is 65.6 Å². The SMILES string of the molecule is COC(c1cc(C(F)(F)F)ccn1)C12Cc3cnn(-c4ccc(F)cc4)c3C=C1CCN(Sc1cnn(C)n1)C2. The summed E-state index contributed by atoms with van der Waals surface area (Å²) in [6, 6.07) is 8.12. The minimum Gasteiger partial charge on any atom is -0.374 e. The molecule has 0 N–H and O–H groups in total. The molecule has 2 atom stereocenters. The van der Waals surface area contributed by atoms with Crippen LogP contribution in [0.3, 0.4) is 0 Å². The van der Waals surface area contributed by atoms with Crippen molar-refractivity contribution >= 4 is 18.0 Å². The number of piperidine rings is 1. The number of pyridine rings is 1. The van der Waals surface area contributed by atoms with E-state index in [2.05, 4.69) is 30.7 Å². The van der Waals surface area contributed by atoms with Gasteiger partial charge in [-0.1, -0.05) is 5.57 Å². The number of benzene rings is 1.